The number of aliphatic hydroxyl groups is 1. The maximum atomic E-state index is 12.4. The first kappa shape index (κ1) is 32.8. The average Bonchev–Trinajstić information content (AvgIpc) is 2.98. The number of esters is 2. The third kappa shape index (κ3) is 8.66. The quantitative estimate of drug-likeness (QED) is 0.106. The van der Waals surface area contributed by atoms with E-state index >= 15 is 0 Å². The number of hydrazone groups is 1. The number of carbonyl (C=O) groups excluding carboxylic acids is 3. The molecule has 0 unspecified atom stereocenters. The molecule has 0 saturated heterocycles. The van der Waals surface area contributed by atoms with Crippen LogP contribution in [0.5, 0.6) is 23.0 Å². The summed E-state index contributed by atoms with van der Waals surface area (Å²) in [5, 5.41) is 19.8. The lowest BCUT2D eigenvalue weighted by Gasteiger charge is -2.28. The zero-order valence-electron chi connectivity index (χ0n) is 24.2. The van der Waals surface area contributed by atoms with Crippen molar-refractivity contribution in [2.75, 3.05) is 41.2 Å². The zero-order valence-corrected chi connectivity index (χ0v) is 24.9. The first-order valence-corrected chi connectivity index (χ1v) is 13.3. The molecule has 0 spiro atoms. The molecule has 0 radical (unpaired) electrons. The molecule has 0 bridgehead atoms. The van der Waals surface area contributed by atoms with Crippen LogP contribution >= 0.6 is 11.6 Å². The third-order valence-electron chi connectivity index (χ3n) is 5.92. The van der Waals surface area contributed by atoms with Gasteiger partial charge in [0.25, 0.3) is 0 Å². The number of hydrogen-bond acceptors (Lipinski definition) is 12. The topological polar surface area (TPSA) is 175 Å². The van der Waals surface area contributed by atoms with Gasteiger partial charge >= 0.3 is 18.0 Å². The lowest BCUT2D eigenvalue weighted by Crippen LogP contribution is -2.45. The van der Waals surface area contributed by atoms with Gasteiger partial charge in [0.2, 0.25) is 0 Å². The van der Waals surface area contributed by atoms with Gasteiger partial charge in [0.05, 0.1) is 50.8 Å². The summed E-state index contributed by atoms with van der Waals surface area (Å²) < 4.78 is 31.6. The molecule has 0 aliphatic carbocycles. The van der Waals surface area contributed by atoms with Crippen LogP contribution in [0.2, 0.25) is 5.02 Å². The van der Waals surface area contributed by atoms with E-state index in [4.69, 9.17) is 35.3 Å². The van der Waals surface area contributed by atoms with Crippen molar-refractivity contribution in [2.24, 2.45) is 5.10 Å². The van der Waals surface area contributed by atoms with Gasteiger partial charge in [-0.15, -0.1) is 0 Å². The van der Waals surface area contributed by atoms with Crippen LogP contribution in [-0.4, -0.2) is 76.7 Å². The van der Waals surface area contributed by atoms with E-state index in [0.29, 0.717) is 34.9 Å². The monoisotopic (exact) mass is 620 g/mol. The van der Waals surface area contributed by atoms with Crippen LogP contribution in [-0.2, 0) is 19.1 Å². The van der Waals surface area contributed by atoms with Crippen LogP contribution in [0.1, 0.15) is 31.0 Å². The number of benzene rings is 2. The summed E-state index contributed by atoms with van der Waals surface area (Å²) >= 11 is 6.28. The van der Waals surface area contributed by atoms with Crippen LogP contribution in [0, 0.1) is 0 Å². The summed E-state index contributed by atoms with van der Waals surface area (Å²) in [7, 11) is 3.91. The number of amides is 2. The van der Waals surface area contributed by atoms with Crippen molar-refractivity contribution >= 4 is 35.8 Å². The fourth-order valence-corrected chi connectivity index (χ4v) is 4.24. The van der Waals surface area contributed by atoms with Crippen molar-refractivity contribution in [1.29, 1.82) is 0 Å². The van der Waals surface area contributed by atoms with Crippen LogP contribution in [0.15, 0.2) is 46.7 Å². The van der Waals surface area contributed by atoms with Crippen LogP contribution in [0.3, 0.4) is 0 Å². The Balaban J connectivity index is 1.67. The molecular formula is C28H33ClN4O10. The van der Waals surface area contributed by atoms with Crippen molar-refractivity contribution in [3.8, 4) is 23.0 Å². The Hall–Kier alpha value is -4.69. The van der Waals surface area contributed by atoms with Crippen LogP contribution in [0.25, 0.3) is 0 Å². The van der Waals surface area contributed by atoms with Crippen LogP contribution < -0.4 is 35.0 Å². The number of aliphatic hydroxyl groups excluding tert-OH is 1. The molecule has 2 atom stereocenters. The van der Waals surface area contributed by atoms with E-state index in [1.807, 2.05) is 0 Å². The minimum Gasteiger partial charge on any atom is -0.493 e. The number of methoxy groups -OCH3 is 3. The van der Waals surface area contributed by atoms with Gasteiger partial charge in [-0.1, -0.05) is 17.7 Å². The minimum absolute atomic E-state index is 0.166. The van der Waals surface area contributed by atoms with Crippen molar-refractivity contribution in [3.05, 3.63) is 57.8 Å². The van der Waals surface area contributed by atoms with Gasteiger partial charge in [0.1, 0.15) is 6.61 Å². The van der Waals surface area contributed by atoms with E-state index < -0.39 is 30.2 Å². The highest BCUT2D eigenvalue weighted by Crippen LogP contribution is 2.36. The molecule has 1 aliphatic heterocycles. The highest BCUT2D eigenvalue weighted by molar-refractivity contribution is 6.32. The van der Waals surface area contributed by atoms with E-state index in [1.165, 1.54) is 33.6 Å². The first-order valence-electron chi connectivity index (χ1n) is 12.9. The molecule has 2 aromatic carbocycles. The molecule has 15 heteroatoms. The number of rotatable bonds is 14. The molecule has 0 fully saturated rings. The number of nitrogens with zero attached hydrogens (tertiary/aromatic N) is 1. The maximum absolute atomic E-state index is 12.4. The van der Waals surface area contributed by atoms with Gasteiger partial charge in [-0.3, -0.25) is 5.43 Å². The molecule has 3 rings (SSSR count). The van der Waals surface area contributed by atoms with Gasteiger partial charge in [0.15, 0.2) is 35.8 Å². The largest absolute Gasteiger partial charge is 0.493 e. The predicted octanol–water partition coefficient (Wildman–Crippen LogP) is 2.42. The summed E-state index contributed by atoms with van der Waals surface area (Å²) in [6.45, 7) is 3.15. The summed E-state index contributed by atoms with van der Waals surface area (Å²) in [5.41, 5.74) is 4.24. The number of urea groups is 1. The maximum Gasteiger partial charge on any atom is 0.343 e. The predicted molar refractivity (Wildman–Crippen MR) is 154 cm³/mol. The Kier molecular flexibility index (Phi) is 11.8. The van der Waals surface area contributed by atoms with E-state index in [0.717, 1.165) is 0 Å². The van der Waals surface area contributed by atoms with Gasteiger partial charge in [-0.25, -0.2) is 14.4 Å². The molecule has 0 saturated carbocycles. The summed E-state index contributed by atoms with van der Waals surface area (Å²) in [5.74, 6) is -0.0894. The second kappa shape index (κ2) is 15.5. The average molecular weight is 621 g/mol. The summed E-state index contributed by atoms with van der Waals surface area (Å²) in [6, 6.07) is 6.77. The second-order valence-corrected chi connectivity index (χ2v) is 9.22. The molecule has 1 aliphatic rings. The second-order valence-electron chi connectivity index (χ2n) is 8.81. The molecule has 0 aromatic heterocycles. The fraction of sp³-hybridized carbons (Fsp3) is 0.357. The molecule has 1 heterocycles. The Labute approximate surface area is 252 Å². The summed E-state index contributed by atoms with van der Waals surface area (Å²) in [4.78, 5) is 35.9. The van der Waals surface area contributed by atoms with Gasteiger partial charge in [-0.2, -0.15) is 5.10 Å². The van der Waals surface area contributed by atoms with E-state index in [9.17, 15) is 19.5 Å². The standard InChI is InChI=1S/C28H33ClN4O10/c1-6-41-20-11-17(25-24(27(36)40-5)15(2)31-28(37)32-25)7-8-19(20)42-13-22(34)33-30-12-16-9-18(29)26(21(10-16)38-3)43-14-23(35)39-4/h7-12,22,25,33-34H,6,13-14H2,1-5H3,(H2,31,32,37)/b30-12-/t22-,25-/m0/s1. The highest BCUT2D eigenvalue weighted by atomic mass is 35.5. The number of halogens is 1. The number of carbonyl (C=O) groups is 3. The Morgan fingerprint density at radius 2 is 1.86 bits per heavy atom. The molecule has 2 amide bonds. The third-order valence-corrected chi connectivity index (χ3v) is 6.20. The van der Waals surface area contributed by atoms with E-state index in [-0.39, 0.29) is 35.3 Å². The van der Waals surface area contributed by atoms with Crippen molar-refractivity contribution in [2.45, 2.75) is 26.1 Å². The SMILES string of the molecule is CCOc1cc([C@@H]2NC(=O)NC(C)=C2C(=O)OC)ccc1OC[C@H](O)N/N=C\c1cc(Cl)c(OCC(=O)OC)c(OC)c1. The molecule has 232 valence electrons. The molecule has 2 aromatic rings. The lowest BCUT2D eigenvalue weighted by molar-refractivity contribution is -0.143. The van der Waals surface area contributed by atoms with Gasteiger partial charge in [0, 0.05) is 5.70 Å². The number of nitrogens with one attached hydrogen (secondary N) is 3. The zero-order chi connectivity index (χ0) is 31.5. The lowest BCUT2D eigenvalue weighted by atomic mass is 9.95. The molecule has 4 N–H and O–H groups in total. The van der Waals surface area contributed by atoms with E-state index in [2.05, 4.69) is 25.9 Å². The molecule has 43 heavy (non-hydrogen) atoms. The Morgan fingerprint density at radius 1 is 1.09 bits per heavy atom. The van der Waals surface area contributed by atoms with Gasteiger partial charge < -0.3 is 44.2 Å². The minimum atomic E-state index is -1.22. The van der Waals surface area contributed by atoms with Crippen molar-refractivity contribution in [3.63, 3.8) is 0 Å². The van der Waals surface area contributed by atoms with Crippen LogP contribution in [0.4, 0.5) is 4.79 Å². The number of ether oxygens (including phenoxy) is 6. The Bertz CT molecular complexity index is 1400. The van der Waals surface area contributed by atoms with Crippen molar-refractivity contribution in [1.82, 2.24) is 16.1 Å². The van der Waals surface area contributed by atoms with Crippen molar-refractivity contribution < 1.29 is 47.9 Å². The first-order chi connectivity index (χ1) is 20.6. The fourth-order valence-electron chi connectivity index (χ4n) is 3.96. The highest BCUT2D eigenvalue weighted by Gasteiger charge is 2.32. The molecular weight excluding hydrogens is 588 g/mol. The number of hydrogen-bond donors (Lipinski definition) is 4. The van der Waals surface area contributed by atoms with Gasteiger partial charge in [-0.05, 0) is 49.2 Å². The normalized spacial score (nSPS) is 15.2. The smallest absolute Gasteiger partial charge is 0.343 e. The Morgan fingerprint density at radius 3 is 2.53 bits per heavy atom. The number of allylic oxidation sites excluding steroid dienone is 1. The molecule has 14 nitrogen and oxygen atoms in total. The summed E-state index contributed by atoms with van der Waals surface area (Å²) in [6.07, 6.45) is 0.176. The van der Waals surface area contributed by atoms with E-state index in [1.54, 1.807) is 38.1 Å².